The van der Waals surface area contributed by atoms with Crippen LogP contribution in [0.1, 0.15) is 70.4 Å². The lowest BCUT2D eigenvalue weighted by molar-refractivity contribution is -0.124. The zero-order valence-corrected chi connectivity index (χ0v) is 21.8. The number of carbonyl (C=O) groups excluding carboxylic acids is 2. The Morgan fingerprint density at radius 2 is 1.78 bits per heavy atom. The van der Waals surface area contributed by atoms with Gasteiger partial charge in [0.1, 0.15) is 0 Å². The number of nitrogens with zero attached hydrogens (tertiary/aromatic N) is 2. The lowest BCUT2D eigenvalue weighted by atomic mass is 9.80. The highest BCUT2D eigenvalue weighted by molar-refractivity contribution is 7.10. The second kappa shape index (κ2) is 11.4. The Morgan fingerprint density at radius 1 is 1.03 bits per heavy atom. The first-order chi connectivity index (χ1) is 17.6. The maximum Gasteiger partial charge on any atom is 0.254 e. The van der Waals surface area contributed by atoms with Crippen LogP contribution < -0.4 is 5.32 Å². The molecule has 1 fully saturated rings. The van der Waals surface area contributed by atoms with Crippen molar-refractivity contribution in [1.29, 1.82) is 0 Å². The minimum atomic E-state index is -0.403. The van der Waals surface area contributed by atoms with E-state index in [1.807, 2.05) is 41.8 Å². The Morgan fingerprint density at radius 3 is 2.53 bits per heavy atom. The van der Waals surface area contributed by atoms with E-state index in [1.165, 1.54) is 5.56 Å². The summed E-state index contributed by atoms with van der Waals surface area (Å²) in [5, 5.41) is 5.28. The van der Waals surface area contributed by atoms with E-state index in [-0.39, 0.29) is 23.9 Å². The molecule has 0 spiro atoms. The molecule has 1 N–H and O–H groups in total. The fourth-order valence-electron chi connectivity index (χ4n) is 5.82. The van der Waals surface area contributed by atoms with Crippen molar-refractivity contribution < 1.29 is 9.59 Å². The molecule has 0 unspecified atom stereocenters. The van der Waals surface area contributed by atoms with Crippen LogP contribution in [0.3, 0.4) is 0 Å². The summed E-state index contributed by atoms with van der Waals surface area (Å²) in [6.07, 6.45) is 5.18. The van der Waals surface area contributed by atoms with E-state index >= 15 is 0 Å². The molecule has 1 aliphatic heterocycles. The van der Waals surface area contributed by atoms with E-state index < -0.39 is 5.92 Å². The minimum Gasteiger partial charge on any atom is -0.355 e. The molecule has 1 aromatic heterocycles. The molecule has 2 aromatic carbocycles. The topological polar surface area (TPSA) is 52.7 Å². The van der Waals surface area contributed by atoms with Gasteiger partial charge in [0.05, 0.1) is 12.0 Å². The van der Waals surface area contributed by atoms with Crippen LogP contribution in [0.15, 0.2) is 72.1 Å². The molecule has 0 bridgehead atoms. The van der Waals surface area contributed by atoms with Crippen molar-refractivity contribution in [2.45, 2.75) is 56.7 Å². The third-order valence-corrected chi connectivity index (χ3v) is 8.47. The van der Waals surface area contributed by atoms with Crippen molar-refractivity contribution in [1.82, 2.24) is 15.1 Å². The molecule has 2 amide bonds. The highest BCUT2D eigenvalue weighted by Crippen LogP contribution is 2.47. The van der Waals surface area contributed by atoms with Crippen LogP contribution in [0.2, 0.25) is 0 Å². The molecule has 1 saturated carbocycles. The third-order valence-electron chi connectivity index (χ3n) is 7.52. The molecule has 2 atom stereocenters. The third kappa shape index (κ3) is 5.25. The molecule has 0 radical (unpaired) electrons. The number of benzene rings is 2. The zero-order chi connectivity index (χ0) is 24.9. The van der Waals surface area contributed by atoms with Gasteiger partial charge >= 0.3 is 0 Å². The van der Waals surface area contributed by atoms with Crippen LogP contribution in [0.4, 0.5) is 0 Å². The van der Waals surface area contributed by atoms with Crippen molar-refractivity contribution in [3.05, 3.63) is 93.7 Å². The summed E-state index contributed by atoms with van der Waals surface area (Å²) in [5.41, 5.74) is 2.83. The summed E-state index contributed by atoms with van der Waals surface area (Å²) in [7, 11) is 2.12. The van der Waals surface area contributed by atoms with Gasteiger partial charge in [0.2, 0.25) is 5.91 Å². The first-order valence-corrected chi connectivity index (χ1v) is 14.0. The van der Waals surface area contributed by atoms with Gasteiger partial charge in [0, 0.05) is 29.6 Å². The molecule has 6 heteroatoms. The van der Waals surface area contributed by atoms with E-state index in [9.17, 15) is 9.59 Å². The van der Waals surface area contributed by atoms with Crippen molar-refractivity contribution >= 4 is 23.2 Å². The van der Waals surface area contributed by atoms with Gasteiger partial charge in [-0.2, -0.15) is 0 Å². The summed E-state index contributed by atoms with van der Waals surface area (Å²) in [6, 6.07) is 22.2. The van der Waals surface area contributed by atoms with Gasteiger partial charge in [0.25, 0.3) is 5.91 Å². The molecule has 2 heterocycles. The lowest BCUT2D eigenvalue weighted by Crippen LogP contribution is -2.50. The molecular formula is C30H35N3O2S. The Balaban J connectivity index is 1.32. The predicted octanol–water partition coefficient (Wildman–Crippen LogP) is 5.61. The van der Waals surface area contributed by atoms with E-state index in [2.05, 4.69) is 52.5 Å². The average molecular weight is 502 g/mol. The fourth-order valence-corrected chi connectivity index (χ4v) is 6.69. The standard InChI is InChI=1S/C30H35N3O2S/c1-32(21-22-11-3-2-4-12-22)19-10-18-31-29(34)27-24-15-7-8-16-25(24)30(35)33(23-13-5-6-14-23)28(27)26-17-9-20-36-26/h2-4,7-9,11-12,15-17,20,23,27-28H,5-6,10,13-14,18-19,21H2,1H3,(H,31,34)/t27-,28-/m0/s1. The number of carbonyl (C=O) groups is 2. The number of nitrogens with one attached hydrogen (secondary N) is 1. The zero-order valence-electron chi connectivity index (χ0n) is 20.9. The van der Waals surface area contributed by atoms with E-state index in [0.29, 0.717) is 12.1 Å². The second-order valence-electron chi connectivity index (χ2n) is 10.0. The number of fused-ring (bicyclic) bond motifs is 1. The Labute approximate surface area is 218 Å². The van der Waals surface area contributed by atoms with Gasteiger partial charge in [-0.3, -0.25) is 9.59 Å². The van der Waals surface area contributed by atoms with Crippen LogP contribution in [-0.2, 0) is 11.3 Å². The van der Waals surface area contributed by atoms with Gasteiger partial charge in [-0.25, -0.2) is 0 Å². The Kier molecular flexibility index (Phi) is 7.83. The molecular weight excluding hydrogens is 466 g/mol. The molecule has 1 aliphatic carbocycles. The van der Waals surface area contributed by atoms with Gasteiger partial charge in [-0.15, -0.1) is 11.3 Å². The van der Waals surface area contributed by atoms with Crippen LogP contribution in [0, 0.1) is 0 Å². The van der Waals surface area contributed by atoms with Crippen LogP contribution >= 0.6 is 11.3 Å². The number of rotatable bonds is 9. The molecule has 3 aromatic rings. The van der Waals surface area contributed by atoms with Gasteiger partial charge in [-0.05, 0) is 61.5 Å². The first-order valence-electron chi connectivity index (χ1n) is 13.1. The molecule has 0 saturated heterocycles. The molecule has 36 heavy (non-hydrogen) atoms. The molecule has 2 aliphatic rings. The van der Waals surface area contributed by atoms with Gasteiger partial charge in [-0.1, -0.05) is 67.4 Å². The van der Waals surface area contributed by atoms with E-state index in [4.69, 9.17) is 0 Å². The fraction of sp³-hybridized carbons (Fsp3) is 0.400. The average Bonchev–Trinajstić information content (AvgIpc) is 3.62. The lowest BCUT2D eigenvalue weighted by Gasteiger charge is -2.44. The number of thiophene rings is 1. The summed E-state index contributed by atoms with van der Waals surface area (Å²) >= 11 is 1.64. The van der Waals surface area contributed by atoms with Crippen molar-refractivity contribution in [3.63, 3.8) is 0 Å². The summed E-state index contributed by atoms with van der Waals surface area (Å²) in [4.78, 5) is 33.0. The van der Waals surface area contributed by atoms with Crippen LogP contribution in [-0.4, -0.2) is 47.8 Å². The van der Waals surface area contributed by atoms with Crippen molar-refractivity contribution in [2.24, 2.45) is 0 Å². The monoisotopic (exact) mass is 501 g/mol. The van der Waals surface area contributed by atoms with Crippen LogP contribution in [0.5, 0.6) is 0 Å². The minimum absolute atomic E-state index is 0.0158. The second-order valence-corrected chi connectivity index (χ2v) is 11.0. The van der Waals surface area contributed by atoms with Crippen LogP contribution in [0.25, 0.3) is 0 Å². The summed E-state index contributed by atoms with van der Waals surface area (Å²) in [6.45, 7) is 2.41. The SMILES string of the molecule is CN(CCCNC(=O)[C@H]1c2ccccc2C(=O)N(C2CCCC2)[C@H]1c1cccs1)Cc1ccccc1. The largest absolute Gasteiger partial charge is 0.355 e. The highest BCUT2D eigenvalue weighted by atomic mass is 32.1. The molecule has 188 valence electrons. The highest BCUT2D eigenvalue weighted by Gasteiger charge is 2.47. The molecule has 5 nitrogen and oxygen atoms in total. The normalized spacial score (nSPS) is 20.1. The summed E-state index contributed by atoms with van der Waals surface area (Å²) in [5.74, 6) is -0.315. The predicted molar refractivity (Wildman–Crippen MR) is 145 cm³/mol. The number of amides is 2. The van der Waals surface area contributed by atoms with Crippen molar-refractivity contribution in [2.75, 3.05) is 20.1 Å². The maximum absolute atomic E-state index is 13.8. The number of hydrogen-bond donors (Lipinski definition) is 1. The molecule has 5 rings (SSSR count). The van der Waals surface area contributed by atoms with Gasteiger partial charge < -0.3 is 15.1 Å². The Hall–Kier alpha value is -2.96. The summed E-state index contributed by atoms with van der Waals surface area (Å²) < 4.78 is 0. The van der Waals surface area contributed by atoms with E-state index in [0.717, 1.165) is 55.6 Å². The first kappa shape index (κ1) is 24.7. The number of hydrogen-bond acceptors (Lipinski definition) is 4. The van der Waals surface area contributed by atoms with Gasteiger partial charge in [0.15, 0.2) is 0 Å². The van der Waals surface area contributed by atoms with E-state index in [1.54, 1.807) is 11.3 Å². The van der Waals surface area contributed by atoms with Crippen molar-refractivity contribution in [3.8, 4) is 0 Å². The smallest absolute Gasteiger partial charge is 0.254 e. The maximum atomic E-state index is 13.8. The Bertz CT molecular complexity index is 1160. The quantitative estimate of drug-likeness (QED) is 0.388.